The standard InChI is InChI=1S/C21H30O3/c1-14-11-12-17-9-6-10-18-15(2)20(24-21(23-14)19(17)18)22-13-16-7-4-3-5-8-16/h3-5,7-8,14-15,17-21H,6,9-13H2,1-2H3. The monoisotopic (exact) mass is 330 g/mol. The summed E-state index contributed by atoms with van der Waals surface area (Å²) in [7, 11) is 0. The number of ether oxygens (including phenoxy) is 3. The van der Waals surface area contributed by atoms with Crippen LogP contribution in [-0.2, 0) is 20.8 Å². The van der Waals surface area contributed by atoms with Crippen molar-refractivity contribution < 1.29 is 14.2 Å². The number of rotatable bonds is 3. The van der Waals surface area contributed by atoms with E-state index in [4.69, 9.17) is 14.2 Å². The van der Waals surface area contributed by atoms with E-state index in [0.29, 0.717) is 30.5 Å². The van der Waals surface area contributed by atoms with Gasteiger partial charge in [0, 0.05) is 11.8 Å². The SMILES string of the molecule is CC1CCC2CCCC3C(C)C(OCc4ccccc4)OC(O1)C23. The van der Waals surface area contributed by atoms with Gasteiger partial charge in [0.1, 0.15) is 0 Å². The summed E-state index contributed by atoms with van der Waals surface area (Å²) < 4.78 is 18.8. The maximum Gasteiger partial charge on any atom is 0.164 e. The minimum absolute atomic E-state index is 0.0743. The molecule has 1 saturated carbocycles. The molecular formula is C21H30O3. The van der Waals surface area contributed by atoms with Gasteiger partial charge in [-0.3, -0.25) is 0 Å². The topological polar surface area (TPSA) is 27.7 Å². The van der Waals surface area contributed by atoms with Crippen LogP contribution in [0.5, 0.6) is 0 Å². The Labute approximate surface area is 145 Å². The largest absolute Gasteiger partial charge is 0.349 e. The van der Waals surface area contributed by atoms with Crippen LogP contribution in [0, 0.1) is 23.7 Å². The van der Waals surface area contributed by atoms with Crippen LogP contribution in [0.3, 0.4) is 0 Å². The van der Waals surface area contributed by atoms with E-state index in [9.17, 15) is 0 Å². The molecule has 3 heteroatoms. The van der Waals surface area contributed by atoms with Crippen LogP contribution >= 0.6 is 0 Å². The third kappa shape index (κ3) is 3.26. The van der Waals surface area contributed by atoms with Crippen LogP contribution in [0.4, 0.5) is 0 Å². The maximum atomic E-state index is 6.37. The number of hydrogen-bond acceptors (Lipinski definition) is 3. The fraction of sp³-hybridized carbons (Fsp3) is 0.714. The number of benzene rings is 1. The van der Waals surface area contributed by atoms with Crippen molar-refractivity contribution in [2.45, 2.75) is 71.2 Å². The van der Waals surface area contributed by atoms with E-state index >= 15 is 0 Å². The molecule has 1 aromatic rings. The summed E-state index contributed by atoms with van der Waals surface area (Å²) in [6.45, 7) is 5.11. The molecule has 132 valence electrons. The lowest BCUT2D eigenvalue weighted by atomic mass is 9.65. The van der Waals surface area contributed by atoms with Gasteiger partial charge in [-0.1, -0.05) is 43.7 Å². The fourth-order valence-electron chi connectivity index (χ4n) is 5.09. The van der Waals surface area contributed by atoms with E-state index in [1.54, 1.807) is 0 Å². The second-order valence-corrected chi connectivity index (χ2v) is 7.98. The van der Waals surface area contributed by atoms with Crippen molar-refractivity contribution in [1.82, 2.24) is 0 Å². The van der Waals surface area contributed by atoms with Crippen molar-refractivity contribution in [3.8, 4) is 0 Å². The molecule has 3 fully saturated rings. The van der Waals surface area contributed by atoms with E-state index in [1.165, 1.54) is 31.2 Å². The molecule has 24 heavy (non-hydrogen) atoms. The summed E-state index contributed by atoms with van der Waals surface area (Å²) >= 11 is 0. The molecule has 2 saturated heterocycles. The predicted molar refractivity (Wildman–Crippen MR) is 93.2 cm³/mol. The van der Waals surface area contributed by atoms with Gasteiger partial charge in [-0.05, 0) is 50.0 Å². The number of hydrogen-bond donors (Lipinski definition) is 0. The van der Waals surface area contributed by atoms with Gasteiger partial charge in [0.15, 0.2) is 12.6 Å². The van der Waals surface area contributed by atoms with Gasteiger partial charge in [-0.25, -0.2) is 0 Å². The average molecular weight is 330 g/mol. The molecule has 0 aromatic heterocycles. The quantitative estimate of drug-likeness (QED) is 0.800. The van der Waals surface area contributed by atoms with Gasteiger partial charge in [0.2, 0.25) is 0 Å². The van der Waals surface area contributed by atoms with Crippen molar-refractivity contribution >= 4 is 0 Å². The minimum atomic E-state index is -0.152. The molecule has 0 N–H and O–H groups in total. The zero-order valence-electron chi connectivity index (χ0n) is 14.9. The highest BCUT2D eigenvalue weighted by Crippen LogP contribution is 2.50. The first-order chi connectivity index (χ1) is 11.7. The van der Waals surface area contributed by atoms with E-state index in [-0.39, 0.29) is 12.6 Å². The minimum Gasteiger partial charge on any atom is -0.349 e. The van der Waals surface area contributed by atoms with Crippen LogP contribution in [0.25, 0.3) is 0 Å². The molecular weight excluding hydrogens is 300 g/mol. The zero-order chi connectivity index (χ0) is 16.5. The summed E-state index contributed by atoms with van der Waals surface area (Å²) in [5, 5.41) is 0. The Balaban J connectivity index is 1.49. The van der Waals surface area contributed by atoms with Gasteiger partial charge >= 0.3 is 0 Å². The molecule has 7 unspecified atom stereocenters. The van der Waals surface area contributed by atoms with Crippen molar-refractivity contribution in [2.24, 2.45) is 23.7 Å². The molecule has 2 aliphatic heterocycles. The maximum absolute atomic E-state index is 6.37. The molecule has 0 radical (unpaired) electrons. The third-order valence-electron chi connectivity index (χ3n) is 6.41. The van der Waals surface area contributed by atoms with Crippen LogP contribution in [0.1, 0.15) is 51.5 Å². The molecule has 3 nitrogen and oxygen atoms in total. The average Bonchev–Trinajstić information content (AvgIpc) is 2.77. The lowest BCUT2D eigenvalue weighted by Crippen LogP contribution is -2.52. The summed E-state index contributed by atoms with van der Waals surface area (Å²) in [5.74, 6) is 2.45. The van der Waals surface area contributed by atoms with Gasteiger partial charge < -0.3 is 14.2 Å². The van der Waals surface area contributed by atoms with E-state index in [0.717, 1.165) is 12.3 Å². The highest BCUT2D eigenvalue weighted by Gasteiger charge is 2.50. The van der Waals surface area contributed by atoms with E-state index in [2.05, 4.69) is 38.1 Å². The molecule has 1 aliphatic carbocycles. The van der Waals surface area contributed by atoms with Crippen LogP contribution in [0.15, 0.2) is 30.3 Å². The van der Waals surface area contributed by atoms with Crippen LogP contribution in [0.2, 0.25) is 0 Å². The summed E-state index contributed by atoms with van der Waals surface area (Å²) in [5.41, 5.74) is 1.20. The molecule has 0 amide bonds. The van der Waals surface area contributed by atoms with Crippen molar-refractivity contribution in [3.63, 3.8) is 0 Å². The highest BCUT2D eigenvalue weighted by atomic mass is 16.8. The Bertz CT molecular complexity index is 531. The van der Waals surface area contributed by atoms with Crippen LogP contribution in [-0.4, -0.2) is 18.7 Å². The second kappa shape index (κ2) is 7.15. The Kier molecular flexibility index (Phi) is 4.93. The van der Waals surface area contributed by atoms with Crippen molar-refractivity contribution in [3.05, 3.63) is 35.9 Å². The van der Waals surface area contributed by atoms with Crippen LogP contribution < -0.4 is 0 Å². The van der Waals surface area contributed by atoms with E-state index < -0.39 is 0 Å². The highest BCUT2D eigenvalue weighted by molar-refractivity contribution is 5.13. The van der Waals surface area contributed by atoms with Crippen molar-refractivity contribution in [1.29, 1.82) is 0 Å². The first kappa shape index (κ1) is 16.6. The molecule has 4 rings (SSSR count). The molecule has 1 aromatic carbocycles. The molecule has 0 spiro atoms. The normalized spacial score (nSPS) is 42.2. The molecule has 3 aliphatic rings. The first-order valence-corrected chi connectivity index (χ1v) is 9.69. The Morgan fingerprint density at radius 1 is 1.00 bits per heavy atom. The van der Waals surface area contributed by atoms with E-state index in [1.807, 2.05) is 6.07 Å². The Morgan fingerprint density at radius 2 is 1.83 bits per heavy atom. The third-order valence-corrected chi connectivity index (χ3v) is 6.41. The molecule has 7 atom stereocenters. The fourth-order valence-corrected chi connectivity index (χ4v) is 5.09. The molecule has 2 heterocycles. The predicted octanol–water partition coefficient (Wildman–Crippen LogP) is 4.75. The smallest absolute Gasteiger partial charge is 0.164 e. The lowest BCUT2D eigenvalue weighted by Gasteiger charge is -2.50. The summed E-state index contributed by atoms with van der Waals surface area (Å²) in [4.78, 5) is 0. The summed E-state index contributed by atoms with van der Waals surface area (Å²) in [6, 6.07) is 10.4. The summed E-state index contributed by atoms with van der Waals surface area (Å²) in [6.07, 6.45) is 6.52. The van der Waals surface area contributed by atoms with Gasteiger partial charge in [-0.2, -0.15) is 0 Å². The van der Waals surface area contributed by atoms with Gasteiger partial charge in [0.25, 0.3) is 0 Å². The first-order valence-electron chi connectivity index (χ1n) is 9.69. The zero-order valence-corrected chi connectivity index (χ0v) is 14.9. The van der Waals surface area contributed by atoms with Crippen molar-refractivity contribution in [2.75, 3.05) is 0 Å². The lowest BCUT2D eigenvalue weighted by molar-refractivity contribution is -0.334. The van der Waals surface area contributed by atoms with Gasteiger partial charge in [-0.15, -0.1) is 0 Å². The second-order valence-electron chi connectivity index (χ2n) is 7.98. The van der Waals surface area contributed by atoms with Gasteiger partial charge in [0.05, 0.1) is 12.7 Å². The Hall–Kier alpha value is -0.900. The Morgan fingerprint density at radius 3 is 2.67 bits per heavy atom. The molecule has 0 bridgehead atoms.